The molecule has 0 amide bonds. The monoisotopic (exact) mass is 218 g/mol. The third kappa shape index (κ3) is 5.99. The van der Waals surface area contributed by atoms with Crippen LogP contribution in [0.4, 0.5) is 0 Å². The predicted molar refractivity (Wildman–Crippen MR) is 51.7 cm³/mol. The summed E-state index contributed by atoms with van der Waals surface area (Å²) in [5.41, 5.74) is 10.2. The summed E-state index contributed by atoms with van der Waals surface area (Å²) in [7, 11) is 0. The van der Waals surface area contributed by atoms with E-state index in [2.05, 4.69) is 0 Å². The van der Waals surface area contributed by atoms with E-state index in [9.17, 15) is 0 Å². The van der Waals surface area contributed by atoms with Crippen molar-refractivity contribution in [1.29, 1.82) is 0 Å². The Hall–Kier alpha value is 0.420. The number of aliphatic hydroxyl groups excluding tert-OH is 2. The molecule has 0 unspecified atom stereocenters. The summed E-state index contributed by atoms with van der Waals surface area (Å²) in [5, 5.41) is 16.6. The van der Waals surface area contributed by atoms with Crippen LogP contribution in [0.25, 0.3) is 0 Å². The fraction of sp³-hybridized carbons (Fsp3) is 1.00. The van der Waals surface area contributed by atoms with Gasteiger partial charge in [0.15, 0.2) is 0 Å². The van der Waals surface area contributed by atoms with E-state index < -0.39 is 0 Å². The van der Waals surface area contributed by atoms with E-state index in [0.29, 0.717) is 0 Å². The van der Waals surface area contributed by atoms with Crippen molar-refractivity contribution < 1.29 is 10.2 Å². The zero-order valence-corrected chi connectivity index (χ0v) is 8.22. The van der Waals surface area contributed by atoms with Crippen LogP contribution < -0.4 is 11.5 Å². The second kappa shape index (κ2) is 5.96. The Morgan fingerprint density at radius 1 is 0.833 bits per heavy atom. The minimum absolute atomic E-state index is 0. The summed E-state index contributed by atoms with van der Waals surface area (Å²) in [5.74, 6) is 0. The molecule has 2 fully saturated rings. The first kappa shape index (κ1) is 14.9. The molecule has 2 aliphatic rings. The second-order valence-corrected chi connectivity index (χ2v) is 2.93. The van der Waals surface area contributed by atoms with Crippen LogP contribution in [0.1, 0.15) is 12.8 Å². The Balaban J connectivity index is 0. The summed E-state index contributed by atoms with van der Waals surface area (Å²) in [4.78, 5) is 0. The first-order chi connectivity index (χ1) is 4.61. The van der Waals surface area contributed by atoms with Gasteiger partial charge in [-0.3, -0.25) is 0 Å². The van der Waals surface area contributed by atoms with Crippen molar-refractivity contribution in [2.75, 3.05) is 0 Å². The Bertz CT molecular complexity index is 102. The normalized spacial score (nSPS) is 41.0. The molecule has 0 aromatic heterocycles. The third-order valence-corrected chi connectivity index (χ3v) is 1.61. The smallest absolute Gasteiger partial charge is 0.0707 e. The molecule has 0 aromatic rings. The quantitative estimate of drug-likeness (QED) is 0.420. The second-order valence-electron chi connectivity index (χ2n) is 2.93. The first-order valence-corrected chi connectivity index (χ1v) is 3.48. The average Bonchev–Trinajstić information content (AvgIpc) is 2.62. The van der Waals surface area contributed by atoms with Gasteiger partial charge in [-0.1, -0.05) is 0 Å². The van der Waals surface area contributed by atoms with Crippen molar-refractivity contribution in [2.24, 2.45) is 11.5 Å². The molecule has 0 spiro atoms. The van der Waals surface area contributed by atoms with Crippen LogP contribution in [-0.4, -0.2) is 34.5 Å². The molecule has 2 rings (SSSR count). The lowest BCUT2D eigenvalue weighted by Crippen LogP contribution is -2.03. The van der Waals surface area contributed by atoms with Crippen molar-refractivity contribution in [3.05, 3.63) is 0 Å². The van der Waals surface area contributed by atoms with Crippen molar-refractivity contribution in [1.82, 2.24) is 0 Å². The first-order valence-electron chi connectivity index (χ1n) is 3.48. The Morgan fingerprint density at radius 2 is 0.917 bits per heavy atom. The molecule has 0 saturated heterocycles. The van der Waals surface area contributed by atoms with Gasteiger partial charge in [-0.2, -0.15) is 0 Å². The van der Waals surface area contributed by atoms with Gasteiger partial charge in [0.05, 0.1) is 12.2 Å². The number of halogens is 2. The highest BCUT2D eigenvalue weighted by molar-refractivity contribution is 5.85. The molecular weight excluding hydrogens is 203 g/mol. The fourth-order valence-electron chi connectivity index (χ4n) is 0.401. The van der Waals surface area contributed by atoms with Gasteiger partial charge in [0.25, 0.3) is 0 Å². The zero-order chi connectivity index (χ0) is 7.72. The highest BCUT2D eigenvalue weighted by Gasteiger charge is 2.30. The van der Waals surface area contributed by atoms with Crippen molar-refractivity contribution >= 4 is 24.8 Å². The number of rotatable bonds is 0. The molecule has 0 radical (unpaired) electrons. The molecule has 76 valence electrons. The van der Waals surface area contributed by atoms with E-state index in [-0.39, 0.29) is 49.1 Å². The predicted octanol–water partition coefficient (Wildman–Crippen LogP) is -1.000. The van der Waals surface area contributed by atoms with Crippen molar-refractivity contribution in [3.8, 4) is 0 Å². The van der Waals surface area contributed by atoms with Gasteiger partial charge in [0, 0.05) is 12.1 Å². The molecule has 0 heterocycles. The summed E-state index contributed by atoms with van der Waals surface area (Å²) in [6.45, 7) is 0. The molecule has 0 aliphatic heterocycles. The number of hydrogen-bond acceptors (Lipinski definition) is 4. The van der Waals surface area contributed by atoms with Gasteiger partial charge in [-0.15, -0.1) is 24.8 Å². The van der Waals surface area contributed by atoms with E-state index >= 15 is 0 Å². The maximum Gasteiger partial charge on any atom is 0.0707 e. The van der Waals surface area contributed by atoms with Crippen molar-refractivity contribution in [3.63, 3.8) is 0 Å². The summed E-state index contributed by atoms with van der Waals surface area (Å²) in [6, 6.07) is 0.213. The molecule has 0 bridgehead atoms. The van der Waals surface area contributed by atoms with Gasteiger partial charge in [0.2, 0.25) is 0 Å². The molecule has 0 aromatic carbocycles. The average molecular weight is 219 g/mol. The SMILES string of the molecule is Cl.Cl.N[C@@H]1C[C@@H]1O.N[C@H]1C[C@H]1O. The van der Waals surface area contributed by atoms with Crippen LogP contribution in [0.3, 0.4) is 0 Å². The molecule has 4 atom stereocenters. The number of hydrogen-bond donors (Lipinski definition) is 4. The van der Waals surface area contributed by atoms with Crippen LogP contribution in [0.5, 0.6) is 0 Å². The van der Waals surface area contributed by atoms with Crippen LogP contribution in [-0.2, 0) is 0 Å². The molecule has 6 N–H and O–H groups in total. The maximum absolute atomic E-state index is 8.31. The van der Waals surface area contributed by atoms with E-state index in [1.807, 2.05) is 0 Å². The Labute approximate surface area is 84.1 Å². The highest BCUT2D eigenvalue weighted by atomic mass is 35.5. The van der Waals surface area contributed by atoms with Crippen LogP contribution in [0.2, 0.25) is 0 Å². The molecular formula is C6H16Cl2N2O2. The Morgan fingerprint density at radius 3 is 0.917 bits per heavy atom. The zero-order valence-electron chi connectivity index (χ0n) is 6.59. The highest BCUT2D eigenvalue weighted by Crippen LogP contribution is 2.16. The van der Waals surface area contributed by atoms with Crippen molar-refractivity contribution in [2.45, 2.75) is 37.1 Å². The topological polar surface area (TPSA) is 92.5 Å². The largest absolute Gasteiger partial charge is 0.391 e. The molecule has 6 heteroatoms. The summed E-state index contributed by atoms with van der Waals surface area (Å²) in [6.07, 6.45) is 1.27. The lowest BCUT2D eigenvalue weighted by Gasteiger charge is -1.70. The fourth-order valence-corrected chi connectivity index (χ4v) is 0.401. The van der Waals surface area contributed by atoms with Gasteiger partial charge in [0.1, 0.15) is 0 Å². The minimum atomic E-state index is -0.171. The molecule has 2 aliphatic carbocycles. The van der Waals surface area contributed by atoms with Gasteiger partial charge in [-0.25, -0.2) is 0 Å². The van der Waals surface area contributed by atoms with E-state index in [1.165, 1.54) is 0 Å². The standard InChI is InChI=1S/2C3H7NO.2ClH/c2*4-2-1-3(2)5;;/h2*2-3,5H,1,4H2;2*1H/t2*2-,3+;;/m10../s1. The summed E-state index contributed by atoms with van der Waals surface area (Å²) >= 11 is 0. The van der Waals surface area contributed by atoms with Gasteiger partial charge >= 0.3 is 0 Å². The lowest BCUT2D eigenvalue weighted by molar-refractivity contribution is 0.271. The van der Waals surface area contributed by atoms with Gasteiger partial charge in [-0.05, 0) is 12.8 Å². The van der Waals surface area contributed by atoms with E-state index in [1.54, 1.807) is 0 Å². The van der Waals surface area contributed by atoms with E-state index in [0.717, 1.165) is 12.8 Å². The number of aliphatic hydroxyl groups is 2. The minimum Gasteiger partial charge on any atom is -0.391 e. The van der Waals surface area contributed by atoms with Crippen LogP contribution in [0.15, 0.2) is 0 Å². The van der Waals surface area contributed by atoms with Crippen LogP contribution >= 0.6 is 24.8 Å². The van der Waals surface area contributed by atoms with Gasteiger partial charge < -0.3 is 21.7 Å². The molecule has 2 saturated carbocycles. The Kier molecular flexibility index (Phi) is 7.41. The number of nitrogens with two attached hydrogens (primary N) is 2. The summed E-state index contributed by atoms with van der Waals surface area (Å²) < 4.78 is 0. The van der Waals surface area contributed by atoms with E-state index in [4.69, 9.17) is 21.7 Å². The third-order valence-electron chi connectivity index (χ3n) is 1.61. The lowest BCUT2D eigenvalue weighted by atomic mass is 10.8. The maximum atomic E-state index is 8.31. The molecule has 4 nitrogen and oxygen atoms in total. The van der Waals surface area contributed by atoms with Crippen LogP contribution in [0, 0.1) is 0 Å². The molecule has 12 heavy (non-hydrogen) atoms.